The third kappa shape index (κ3) is 2.17. The summed E-state index contributed by atoms with van der Waals surface area (Å²) in [5.41, 5.74) is 7.68. The van der Waals surface area contributed by atoms with Crippen molar-refractivity contribution in [1.82, 2.24) is 18.9 Å². The zero-order valence-electron chi connectivity index (χ0n) is 18.2. The maximum absolute atomic E-state index is 5.04. The van der Waals surface area contributed by atoms with Crippen molar-refractivity contribution in [3.05, 3.63) is 109 Å². The standard InChI is InChI=1S/C30H18N4/c1-2-8-19(9-3-1)33-24-12-6-5-11-21(24)29-27(33)15-14-22-28(29)20-10-4-7-13-25(20)34-26-16-17-31-18-23(26)32-30(22)34/h1-18H. The molecule has 8 rings (SSSR count). The smallest absolute Gasteiger partial charge is 0.146 e. The Bertz CT molecular complexity index is 2060. The average Bonchev–Trinajstić information content (AvgIpc) is 3.45. The molecule has 0 aliphatic carbocycles. The highest BCUT2D eigenvalue weighted by Crippen LogP contribution is 2.41. The predicted octanol–water partition coefficient (Wildman–Crippen LogP) is 7.29. The van der Waals surface area contributed by atoms with Crippen molar-refractivity contribution >= 4 is 60.2 Å². The summed E-state index contributed by atoms with van der Waals surface area (Å²) in [7, 11) is 0. The van der Waals surface area contributed by atoms with Gasteiger partial charge in [0.25, 0.3) is 0 Å². The lowest BCUT2D eigenvalue weighted by Crippen LogP contribution is -1.94. The topological polar surface area (TPSA) is 35.1 Å². The third-order valence-corrected chi connectivity index (χ3v) is 6.96. The first-order valence-corrected chi connectivity index (χ1v) is 11.4. The number of hydrogen-bond donors (Lipinski definition) is 0. The number of imidazole rings is 1. The number of hydrogen-bond acceptors (Lipinski definition) is 2. The van der Waals surface area contributed by atoms with E-state index in [9.17, 15) is 0 Å². The molecule has 0 amide bonds. The number of benzene rings is 4. The Balaban J connectivity index is 1.70. The molecule has 0 aliphatic heterocycles. The van der Waals surface area contributed by atoms with Crippen LogP contribution < -0.4 is 0 Å². The molecule has 0 radical (unpaired) electrons. The summed E-state index contributed by atoms with van der Waals surface area (Å²) in [5.74, 6) is 0. The summed E-state index contributed by atoms with van der Waals surface area (Å²) in [6.07, 6.45) is 3.69. The van der Waals surface area contributed by atoms with Gasteiger partial charge in [-0.3, -0.25) is 9.38 Å². The second kappa shape index (κ2) is 6.42. The molecule has 4 aromatic carbocycles. The quantitative estimate of drug-likeness (QED) is 0.254. The number of nitrogens with zero attached hydrogens (tertiary/aromatic N) is 4. The zero-order valence-corrected chi connectivity index (χ0v) is 18.2. The Morgan fingerprint density at radius 3 is 2.12 bits per heavy atom. The summed E-state index contributed by atoms with van der Waals surface area (Å²) in [6.45, 7) is 0. The summed E-state index contributed by atoms with van der Waals surface area (Å²) in [6, 6.07) is 34.5. The van der Waals surface area contributed by atoms with Crippen LogP contribution in [0.4, 0.5) is 0 Å². The summed E-state index contributed by atoms with van der Waals surface area (Å²) in [4.78, 5) is 9.36. The van der Waals surface area contributed by atoms with E-state index in [1.807, 2.05) is 18.5 Å². The van der Waals surface area contributed by atoms with Gasteiger partial charge < -0.3 is 4.57 Å². The molecule has 8 aromatic rings. The number of rotatable bonds is 1. The van der Waals surface area contributed by atoms with E-state index in [4.69, 9.17) is 4.98 Å². The summed E-state index contributed by atoms with van der Waals surface area (Å²) < 4.78 is 4.64. The molecule has 0 N–H and O–H groups in total. The number of pyridine rings is 2. The predicted molar refractivity (Wildman–Crippen MR) is 140 cm³/mol. The average molecular weight is 435 g/mol. The monoisotopic (exact) mass is 434 g/mol. The van der Waals surface area contributed by atoms with Gasteiger partial charge in [-0.2, -0.15) is 0 Å². The van der Waals surface area contributed by atoms with Crippen LogP contribution in [0.1, 0.15) is 0 Å². The maximum Gasteiger partial charge on any atom is 0.146 e. The Morgan fingerprint density at radius 2 is 1.26 bits per heavy atom. The van der Waals surface area contributed by atoms with Crippen LogP contribution in [0.25, 0.3) is 65.8 Å². The molecule has 0 spiro atoms. The van der Waals surface area contributed by atoms with E-state index in [0.717, 1.165) is 33.3 Å². The van der Waals surface area contributed by atoms with Crippen molar-refractivity contribution < 1.29 is 0 Å². The number of aromatic nitrogens is 4. The Kier molecular flexibility index (Phi) is 3.36. The largest absolute Gasteiger partial charge is 0.309 e. The van der Waals surface area contributed by atoms with E-state index in [1.54, 1.807) is 0 Å². The number of para-hydroxylation sites is 3. The molecule has 0 unspecified atom stereocenters. The van der Waals surface area contributed by atoms with Gasteiger partial charge in [0.15, 0.2) is 0 Å². The van der Waals surface area contributed by atoms with Gasteiger partial charge in [0.1, 0.15) is 11.2 Å². The Morgan fingerprint density at radius 1 is 0.529 bits per heavy atom. The Labute approximate surface area is 194 Å². The highest BCUT2D eigenvalue weighted by Gasteiger charge is 2.19. The molecule has 0 aliphatic rings. The van der Waals surface area contributed by atoms with E-state index in [-0.39, 0.29) is 0 Å². The fraction of sp³-hybridized carbons (Fsp3) is 0. The summed E-state index contributed by atoms with van der Waals surface area (Å²) >= 11 is 0. The third-order valence-electron chi connectivity index (χ3n) is 6.96. The summed E-state index contributed by atoms with van der Waals surface area (Å²) in [5, 5.41) is 6.14. The van der Waals surface area contributed by atoms with Crippen LogP contribution in [0, 0.1) is 0 Å². The molecule has 158 valence electrons. The normalized spacial score (nSPS) is 12.1. The Hall–Kier alpha value is -4.70. The fourth-order valence-electron chi connectivity index (χ4n) is 5.62. The first-order valence-electron chi connectivity index (χ1n) is 11.4. The molecule has 4 nitrogen and oxygen atoms in total. The van der Waals surface area contributed by atoms with Crippen LogP contribution in [0.5, 0.6) is 0 Å². The van der Waals surface area contributed by atoms with Crippen LogP contribution in [-0.2, 0) is 0 Å². The minimum atomic E-state index is 0.909. The van der Waals surface area contributed by atoms with Crippen molar-refractivity contribution in [3.63, 3.8) is 0 Å². The van der Waals surface area contributed by atoms with Gasteiger partial charge in [-0.25, -0.2) is 4.98 Å². The van der Waals surface area contributed by atoms with E-state index in [0.29, 0.717) is 0 Å². The van der Waals surface area contributed by atoms with E-state index in [1.165, 1.54) is 32.6 Å². The van der Waals surface area contributed by atoms with Gasteiger partial charge in [0, 0.05) is 38.8 Å². The van der Waals surface area contributed by atoms with Gasteiger partial charge >= 0.3 is 0 Å². The van der Waals surface area contributed by atoms with Gasteiger partial charge in [-0.05, 0) is 42.5 Å². The van der Waals surface area contributed by atoms with Crippen molar-refractivity contribution in [2.75, 3.05) is 0 Å². The maximum atomic E-state index is 5.04. The highest BCUT2D eigenvalue weighted by atomic mass is 15.0. The second-order valence-electron chi connectivity index (χ2n) is 8.72. The molecule has 4 aromatic heterocycles. The SMILES string of the molecule is c1ccc(-n2c3ccccc3c3c4c5ccccc5n5c6ccncc6nc5c4ccc32)cc1. The molecule has 0 saturated heterocycles. The van der Waals surface area contributed by atoms with Crippen molar-refractivity contribution in [3.8, 4) is 5.69 Å². The van der Waals surface area contributed by atoms with Crippen LogP contribution >= 0.6 is 0 Å². The minimum Gasteiger partial charge on any atom is -0.309 e. The first-order chi connectivity index (χ1) is 16.9. The molecule has 4 heterocycles. The van der Waals surface area contributed by atoms with Gasteiger partial charge in [0.05, 0.1) is 28.3 Å². The molecular weight excluding hydrogens is 416 g/mol. The molecule has 0 atom stereocenters. The highest BCUT2D eigenvalue weighted by molar-refractivity contribution is 6.30. The first kappa shape index (κ1) is 17.8. The van der Waals surface area contributed by atoms with Gasteiger partial charge in [0.2, 0.25) is 0 Å². The van der Waals surface area contributed by atoms with Gasteiger partial charge in [-0.1, -0.05) is 54.6 Å². The molecule has 4 heteroatoms. The lowest BCUT2D eigenvalue weighted by molar-refractivity contribution is 1.18. The van der Waals surface area contributed by atoms with Crippen LogP contribution in [0.3, 0.4) is 0 Å². The van der Waals surface area contributed by atoms with E-state index >= 15 is 0 Å². The fourth-order valence-corrected chi connectivity index (χ4v) is 5.62. The van der Waals surface area contributed by atoms with Crippen LogP contribution in [0.15, 0.2) is 109 Å². The second-order valence-corrected chi connectivity index (χ2v) is 8.72. The lowest BCUT2D eigenvalue weighted by atomic mass is 10.00. The lowest BCUT2D eigenvalue weighted by Gasteiger charge is -2.11. The molecule has 34 heavy (non-hydrogen) atoms. The molecule has 0 fully saturated rings. The van der Waals surface area contributed by atoms with Crippen molar-refractivity contribution in [2.24, 2.45) is 0 Å². The van der Waals surface area contributed by atoms with Crippen LogP contribution in [0.2, 0.25) is 0 Å². The minimum absolute atomic E-state index is 0.909. The van der Waals surface area contributed by atoms with E-state index in [2.05, 4.69) is 105 Å². The molecular formula is C30H18N4. The zero-order chi connectivity index (χ0) is 22.2. The number of fused-ring (bicyclic) bond motifs is 12. The molecule has 0 bridgehead atoms. The van der Waals surface area contributed by atoms with Crippen molar-refractivity contribution in [2.45, 2.75) is 0 Å². The van der Waals surface area contributed by atoms with Gasteiger partial charge in [-0.15, -0.1) is 0 Å². The van der Waals surface area contributed by atoms with E-state index < -0.39 is 0 Å². The van der Waals surface area contributed by atoms with Crippen molar-refractivity contribution in [1.29, 1.82) is 0 Å². The van der Waals surface area contributed by atoms with Crippen LogP contribution in [-0.4, -0.2) is 18.9 Å². The molecule has 0 saturated carbocycles.